The minimum absolute atomic E-state index is 0.701. The lowest BCUT2D eigenvalue weighted by molar-refractivity contribution is 1.23. The molecule has 0 amide bonds. The Morgan fingerprint density at radius 2 is 1.88 bits per heavy atom. The summed E-state index contributed by atoms with van der Waals surface area (Å²) in [5, 5.41) is 0.953. The Bertz CT molecular complexity index is 636. The molecule has 0 atom stereocenters. The van der Waals surface area contributed by atoms with E-state index < -0.39 is 0 Å². The highest BCUT2D eigenvalue weighted by Crippen LogP contribution is 2.28. The standard InChI is InChI=1S/C11H6BrN3S/c12-8-6-13-9-11(14-8)16-10(15-9)7-4-2-1-3-5-7/h1-6H. The number of hydrogen-bond acceptors (Lipinski definition) is 4. The summed E-state index contributed by atoms with van der Waals surface area (Å²) in [6.07, 6.45) is 1.66. The molecule has 0 fully saturated rings. The number of aromatic nitrogens is 3. The van der Waals surface area contributed by atoms with Crippen LogP contribution in [0.2, 0.25) is 0 Å². The first-order valence-corrected chi connectivity index (χ1v) is 6.28. The summed E-state index contributed by atoms with van der Waals surface area (Å²) < 4.78 is 0.739. The Labute approximate surface area is 104 Å². The first-order chi connectivity index (χ1) is 7.83. The Morgan fingerprint density at radius 1 is 1.06 bits per heavy atom. The van der Waals surface area contributed by atoms with Crippen LogP contribution < -0.4 is 0 Å². The molecule has 3 rings (SSSR count). The molecule has 16 heavy (non-hydrogen) atoms. The van der Waals surface area contributed by atoms with Crippen LogP contribution in [0.1, 0.15) is 0 Å². The predicted molar refractivity (Wildman–Crippen MR) is 68.3 cm³/mol. The Morgan fingerprint density at radius 3 is 2.69 bits per heavy atom. The van der Waals surface area contributed by atoms with Crippen molar-refractivity contribution in [2.75, 3.05) is 0 Å². The van der Waals surface area contributed by atoms with Gasteiger partial charge in [0, 0.05) is 5.56 Å². The van der Waals surface area contributed by atoms with Gasteiger partial charge >= 0.3 is 0 Å². The number of thiazole rings is 1. The fourth-order valence-electron chi connectivity index (χ4n) is 1.41. The Hall–Kier alpha value is -1.33. The van der Waals surface area contributed by atoms with Crippen LogP contribution >= 0.6 is 27.3 Å². The molecule has 0 N–H and O–H groups in total. The van der Waals surface area contributed by atoms with Crippen LogP contribution in [0, 0.1) is 0 Å². The van der Waals surface area contributed by atoms with Crippen LogP contribution in [-0.4, -0.2) is 15.0 Å². The average Bonchev–Trinajstić information content (AvgIpc) is 2.73. The van der Waals surface area contributed by atoms with Crippen molar-refractivity contribution in [3.63, 3.8) is 0 Å². The Kier molecular flexibility index (Phi) is 2.41. The van der Waals surface area contributed by atoms with Gasteiger partial charge in [-0.1, -0.05) is 41.7 Å². The van der Waals surface area contributed by atoms with Crippen molar-refractivity contribution >= 4 is 37.7 Å². The van der Waals surface area contributed by atoms with Gasteiger partial charge in [-0.3, -0.25) is 0 Å². The zero-order chi connectivity index (χ0) is 11.0. The summed E-state index contributed by atoms with van der Waals surface area (Å²) in [5.41, 5.74) is 1.80. The maximum absolute atomic E-state index is 4.45. The highest BCUT2D eigenvalue weighted by atomic mass is 79.9. The largest absolute Gasteiger partial charge is 0.232 e. The van der Waals surface area contributed by atoms with E-state index in [2.05, 4.69) is 30.9 Å². The van der Waals surface area contributed by atoms with Gasteiger partial charge in [0.1, 0.15) is 9.61 Å². The van der Waals surface area contributed by atoms with Crippen LogP contribution in [0.15, 0.2) is 41.1 Å². The van der Waals surface area contributed by atoms with Gasteiger partial charge in [-0.25, -0.2) is 15.0 Å². The molecule has 5 heteroatoms. The van der Waals surface area contributed by atoms with Gasteiger partial charge < -0.3 is 0 Å². The van der Waals surface area contributed by atoms with Gasteiger partial charge in [0.25, 0.3) is 0 Å². The van der Waals surface area contributed by atoms with Crippen molar-refractivity contribution in [1.82, 2.24) is 15.0 Å². The van der Waals surface area contributed by atoms with Crippen molar-refractivity contribution in [1.29, 1.82) is 0 Å². The Balaban J connectivity index is 2.19. The lowest BCUT2D eigenvalue weighted by atomic mass is 10.2. The number of rotatable bonds is 1. The second-order valence-corrected chi connectivity index (χ2v) is 5.00. The molecule has 0 aliphatic carbocycles. The summed E-state index contributed by atoms with van der Waals surface area (Å²) in [4.78, 5) is 13.9. The minimum atomic E-state index is 0.701. The molecule has 78 valence electrons. The molecule has 0 unspecified atom stereocenters. The predicted octanol–water partition coefficient (Wildman–Crippen LogP) is 3.52. The third-order valence-corrected chi connectivity index (χ3v) is 3.48. The second-order valence-electron chi connectivity index (χ2n) is 3.21. The van der Waals surface area contributed by atoms with Crippen LogP contribution in [0.25, 0.3) is 21.0 Å². The lowest BCUT2D eigenvalue weighted by Gasteiger charge is -1.91. The molecule has 0 bridgehead atoms. The van der Waals surface area contributed by atoms with E-state index in [0.717, 1.165) is 20.0 Å². The topological polar surface area (TPSA) is 38.7 Å². The highest BCUT2D eigenvalue weighted by molar-refractivity contribution is 9.10. The van der Waals surface area contributed by atoms with Crippen LogP contribution in [0.4, 0.5) is 0 Å². The summed E-state index contributed by atoms with van der Waals surface area (Å²) in [6.45, 7) is 0. The highest BCUT2D eigenvalue weighted by Gasteiger charge is 2.07. The third kappa shape index (κ3) is 1.72. The molecular weight excluding hydrogens is 286 g/mol. The van der Waals surface area contributed by atoms with Gasteiger partial charge in [-0.05, 0) is 15.9 Å². The molecule has 0 radical (unpaired) electrons. The van der Waals surface area contributed by atoms with Gasteiger partial charge in [-0.2, -0.15) is 0 Å². The maximum atomic E-state index is 4.45. The van der Waals surface area contributed by atoms with E-state index in [4.69, 9.17) is 0 Å². The summed E-state index contributed by atoms with van der Waals surface area (Å²) in [7, 11) is 0. The molecule has 0 saturated heterocycles. The second kappa shape index (κ2) is 3.92. The average molecular weight is 292 g/mol. The first kappa shape index (κ1) is 9.86. The fourth-order valence-corrected chi connectivity index (χ4v) is 2.71. The van der Waals surface area contributed by atoms with Gasteiger partial charge in [0.2, 0.25) is 0 Å². The van der Waals surface area contributed by atoms with E-state index in [1.165, 1.54) is 0 Å². The molecule has 3 aromatic rings. The van der Waals surface area contributed by atoms with Crippen molar-refractivity contribution in [2.24, 2.45) is 0 Å². The van der Waals surface area contributed by atoms with E-state index >= 15 is 0 Å². The first-order valence-electron chi connectivity index (χ1n) is 4.67. The van der Waals surface area contributed by atoms with E-state index in [0.29, 0.717) is 5.65 Å². The number of hydrogen-bond donors (Lipinski definition) is 0. The fraction of sp³-hybridized carbons (Fsp3) is 0. The number of halogens is 1. The molecule has 0 spiro atoms. The van der Waals surface area contributed by atoms with Gasteiger partial charge in [0.05, 0.1) is 6.20 Å². The van der Waals surface area contributed by atoms with Crippen LogP contribution in [0.5, 0.6) is 0 Å². The molecule has 1 aromatic carbocycles. The van der Waals surface area contributed by atoms with E-state index in [9.17, 15) is 0 Å². The molecule has 0 aliphatic rings. The van der Waals surface area contributed by atoms with E-state index in [1.54, 1.807) is 17.5 Å². The minimum Gasteiger partial charge on any atom is -0.232 e. The summed E-state index contributed by atoms with van der Waals surface area (Å²) in [5.74, 6) is 0. The normalized spacial score (nSPS) is 10.8. The van der Waals surface area contributed by atoms with Crippen molar-refractivity contribution in [2.45, 2.75) is 0 Å². The maximum Gasteiger partial charge on any atom is 0.190 e. The monoisotopic (exact) mass is 291 g/mol. The van der Waals surface area contributed by atoms with E-state index in [1.807, 2.05) is 30.3 Å². The van der Waals surface area contributed by atoms with Crippen LogP contribution in [0.3, 0.4) is 0 Å². The number of nitrogens with zero attached hydrogens (tertiary/aromatic N) is 3. The SMILES string of the molecule is Brc1cnc2nc(-c3ccccc3)sc2n1. The van der Waals surface area contributed by atoms with E-state index in [-0.39, 0.29) is 0 Å². The van der Waals surface area contributed by atoms with Crippen molar-refractivity contribution in [3.05, 3.63) is 41.1 Å². The molecular formula is C11H6BrN3S. The lowest BCUT2D eigenvalue weighted by Crippen LogP contribution is -1.80. The zero-order valence-electron chi connectivity index (χ0n) is 8.09. The quantitative estimate of drug-likeness (QED) is 0.689. The van der Waals surface area contributed by atoms with Crippen LogP contribution in [-0.2, 0) is 0 Å². The summed E-state index contributed by atoms with van der Waals surface area (Å²) >= 11 is 4.85. The zero-order valence-corrected chi connectivity index (χ0v) is 10.5. The van der Waals surface area contributed by atoms with Gasteiger partial charge in [0.15, 0.2) is 10.5 Å². The molecule has 3 nitrogen and oxygen atoms in total. The van der Waals surface area contributed by atoms with Crippen molar-refractivity contribution in [3.8, 4) is 10.6 Å². The molecule has 0 saturated carbocycles. The summed E-state index contributed by atoms with van der Waals surface area (Å²) in [6, 6.07) is 10.1. The molecule has 2 heterocycles. The molecule has 2 aromatic heterocycles. The third-order valence-electron chi connectivity index (χ3n) is 2.11. The van der Waals surface area contributed by atoms with Gasteiger partial charge in [-0.15, -0.1) is 0 Å². The number of fused-ring (bicyclic) bond motifs is 1. The van der Waals surface area contributed by atoms with Crippen molar-refractivity contribution < 1.29 is 0 Å². The molecule has 0 aliphatic heterocycles. The number of benzene rings is 1. The smallest absolute Gasteiger partial charge is 0.190 e.